The fourth-order valence-electron chi connectivity index (χ4n) is 5.34. The number of nitrogens with zero attached hydrogens (tertiary/aromatic N) is 5. The zero-order valence-corrected chi connectivity index (χ0v) is 26.5. The Morgan fingerprint density at radius 1 is 0.894 bits per heavy atom. The number of halogens is 2. The van der Waals surface area contributed by atoms with Crippen LogP contribution in [0.25, 0.3) is 22.2 Å². The number of hydrogen-bond donors (Lipinski definition) is 0. The molecule has 3 heterocycles. The van der Waals surface area contributed by atoms with Crippen LogP contribution in [0.4, 0.5) is 8.78 Å². The van der Waals surface area contributed by atoms with Gasteiger partial charge < -0.3 is 9.30 Å². The fourth-order valence-corrected chi connectivity index (χ4v) is 6.57. The number of pyridine rings is 1. The van der Waals surface area contributed by atoms with Crippen LogP contribution in [0.3, 0.4) is 0 Å². The zero-order chi connectivity index (χ0) is 33.1. The second-order valence-electron chi connectivity index (χ2n) is 11.3. The van der Waals surface area contributed by atoms with Crippen LogP contribution in [-0.2, 0) is 34.8 Å². The molecular weight excluding hydrogens is 624 g/mol. The van der Waals surface area contributed by atoms with E-state index in [9.17, 15) is 22.0 Å². The second-order valence-corrected chi connectivity index (χ2v) is 13.3. The molecule has 0 radical (unpaired) electrons. The van der Waals surface area contributed by atoms with E-state index in [1.165, 1.54) is 22.9 Å². The average Bonchev–Trinajstić information content (AvgIpc) is 3.43. The number of hydrogen-bond acceptors (Lipinski definition) is 7. The van der Waals surface area contributed by atoms with Crippen LogP contribution >= 0.6 is 0 Å². The number of ether oxygens (including phenoxy) is 1. The minimum absolute atomic E-state index is 0.0473. The summed E-state index contributed by atoms with van der Waals surface area (Å²) < 4.78 is 65.3. The molecule has 6 rings (SSSR count). The van der Waals surface area contributed by atoms with E-state index in [0.29, 0.717) is 11.3 Å². The van der Waals surface area contributed by atoms with Crippen LogP contribution in [0, 0.1) is 18.6 Å². The summed E-state index contributed by atoms with van der Waals surface area (Å²) in [6.07, 6.45) is 2.72. The first kappa shape index (κ1) is 31.9. The van der Waals surface area contributed by atoms with Gasteiger partial charge in [0.25, 0.3) is 5.56 Å². The van der Waals surface area contributed by atoms with Crippen molar-refractivity contribution in [1.29, 1.82) is 0 Å². The third kappa shape index (κ3) is 7.34. The van der Waals surface area contributed by atoms with Gasteiger partial charge in [0, 0.05) is 41.6 Å². The standard InChI is InChI=1S/C35H31F2N5O4S/c1-23-16-31(28-18-30(37)34(43)42(21-28)19-24-12-13-26-20-41(2)40-32(26)17-24)39-35(38-23)47(44,45)15-14-33(25-8-4-3-5-9-25)46-22-27-10-6-7-11-29(27)36/h3-13,16-18,20-21,33H,14-15,19,22H2,1-2H3. The molecule has 0 fully saturated rings. The first-order valence-corrected chi connectivity index (χ1v) is 16.5. The summed E-state index contributed by atoms with van der Waals surface area (Å²) in [5, 5.41) is 4.90. The maximum atomic E-state index is 15.0. The number of sulfone groups is 1. The van der Waals surface area contributed by atoms with Crippen molar-refractivity contribution in [3.05, 3.63) is 142 Å². The number of aryl methyl sites for hydroxylation is 2. The average molecular weight is 656 g/mol. The van der Waals surface area contributed by atoms with Gasteiger partial charge in [-0.25, -0.2) is 27.2 Å². The van der Waals surface area contributed by atoms with Crippen molar-refractivity contribution in [3.8, 4) is 11.3 Å². The maximum absolute atomic E-state index is 15.0. The summed E-state index contributed by atoms with van der Waals surface area (Å²) in [4.78, 5) is 21.2. The van der Waals surface area contributed by atoms with Crippen LogP contribution in [-0.4, -0.2) is 38.5 Å². The zero-order valence-electron chi connectivity index (χ0n) is 25.7. The largest absolute Gasteiger partial charge is 0.369 e. The number of benzene rings is 3. The van der Waals surface area contributed by atoms with Crippen LogP contribution in [0.15, 0.2) is 107 Å². The number of aromatic nitrogens is 5. The van der Waals surface area contributed by atoms with Gasteiger partial charge in [-0.15, -0.1) is 0 Å². The van der Waals surface area contributed by atoms with E-state index in [0.717, 1.165) is 28.1 Å². The van der Waals surface area contributed by atoms with Crippen molar-refractivity contribution >= 4 is 20.7 Å². The summed E-state index contributed by atoms with van der Waals surface area (Å²) in [6, 6.07) is 23.5. The van der Waals surface area contributed by atoms with Gasteiger partial charge in [-0.3, -0.25) is 9.48 Å². The molecule has 240 valence electrons. The SMILES string of the molecule is Cc1cc(-c2cc(F)c(=O)n(Cc3ccc4cn(C)nc4c3)c2)nc(S(=O)(=O)CCC(OCc2ccccc2F)c2ccccc2)n1. The van der Waals surface area contributed by atoms with Crippen LogP contribution in [0.5, 0.6) is 0 Å². The molecule has 0 saturated carbocycles. The van der Waals surface area contributed by atoms with Crippen molar-refractivity contribution in [2.75, 3.05) is 5.75 Å². The molecule has 3 aromatic heterocycles. The molecule has 0 aliphatic heterocycles. The first-order chi connectivity index (χ1) is 22.6. The van der Waals surface area contributed by atoms with Gasteiger partial charge in [0.15, 0.2) is 5.82 Å². The molecule has 1 atom stereocenters. The normalized spacial score (nSPS) is 12.4. The Labute approximate surface area is 270 Å². The van der Waals surface area contributed by atoms with Gasteiger partial charge in [-0.2, -0.15) is 5.10 Å². The highest BCUT2D eigenvalue weighted by atomic mass is 32.2. The van der Waals surface area contributed by atoms with Gasteiger partial charge >= 0.3 is 0 Å². The van der Waals surface area contributed by atoms with E-state index in [1.54, 1.807) is 29.8 Å². The molecule has 0 aliphatic carbocycles. The molecular formula is C35H31F2N5O4S. The lowest BCUT2D eigenvalue weighted by molar-refractivity contribution is 0.0361. The summed E-state index contributed by atoms with van der Waals surface area (Å²) in [6.45, 7) is 1.64. The molecule has 0 spiro atoms. The molecule has 0 bridgehead atoms. The minimum Gasteiger partial charge on any atom is -0.369 e. The van der Waals surface area contributed by atoms with E-state index in [2.05, 4.69) is 15.1 Å². The molecule has 0 N–H and O–H groups in total. The van der Waals surface area contributed by atoms with E-state index >= 15 is 0 Å². The molecule has 0 aliphatic rings. The van der Waals surface area contributed by atoms with E-state index < -0.39 is 38.3 Å². The predicted molar refractivity (Wildman–Crippen MR) is 173 cm³/mol. The maximum Gasteiger partial charge on any atom is 0.286 e. The first-order valence-electron chi connectivity index (χ1n) is 14.9. The summed E-state index contributed by atoms with van der Waals surface area (Å²) >= 11 is 0. The molecule has 12 heteroatoms. The van der Waals surface area contributed by atoms with Crippen LogP contribution in [0.2, 0.25) is 0 Å². The van der Waals surface area contributed by atoms with Crippen molar-refractivity contribution in [1.82, 2.24) is 24.3 Å². The van der Waals surface area contributed by atoms with E-state index in [-0.39, 0.29) is 36.6 Å². The predicted octanol–water partition coefficient (Wildman–Crippen LogP) is 5.95. The van der Waals surface area contributed by atoms with Gasteiger partial charge in [-0.05, 0) is 48.7 Å². The lowest BCUT2D eigenvalue weighted by Crippen LogP contribution is -2.23. The topological polar surface area (TPSA) is 109 Å². The molecule has 47 heavy (non-hydrogen) atoms. The minimum atomic E-state index is -4.05. The Bertz CT molecular complexity index is 2240. The number of fused-ring (bicyclic) bond motifs is 1. The molecule has 0 amide bonds. The van der Waals surface area contributed by atoms with Gasteiger partial charge in [0.1, 0.15) is 5.82 Å². The summed E-state index contributed by atoms with van der Waals surface area (Å²) in [5.74, 6) is -1.78. The second kappa shape index (κ2) is 13.3. The van der Waals surface area contributed by atoms with Crippen molar-refractivity contribution in [3.63, 3.8) is 0 Å². The quantitative estimate of drug-likeness (QED) is 0.159. The third-order valence-electron chi connectivity index (χ3n) is 7.71. The fraction of sp³-hybridized carbons (Fsp3) is 0.200. The third-order valence-corrected chi connectivity index (χ3v) is 9.22. The highest BCUT2D eigenvalue weighted by Crippen LogP contribution is 2.26. The summed E-state index contributed by atoms with van der Waals surface area (Å²) in [7, 11) is -2.24. The van der Waals surface area contributed by atoms with E-state index in [4.69, 9.17) is 4.74 Å². The van der Waals surface area contributed by atoms with Gasteiger partial charge in [0.2, 0.25) is 15.0 Å². The Morgan fingerprint density at radius 3 is 2.45 bits per heavy atom. The molecule has 3 aromatic carbocycles. The van der Waals surface area contributed by atoms with E-state index in [1.807, 2.05) is 61.8 Å². The van der Waals surface area contributed by atoms with Crippen LogP contribution < -0.4 is 5.56 Å². The Hall–Kier alpha value is -5.07. The van der Waals surface area contributed by atoms with Gasteiger partial charge in [-0.1, -0.05) is 60.7 Å². The smallest absolute Gasteiger partial charge is 0.286 e. The Kier molecular flexibility index (Phi) is 9.06. The highest BCUT2D eigenvalue weighted by molar-refractivity contribution is 7.91. The highest BCUT2D eigenvalue weighted by Gasteiger charge is 2.24. The Balaban J connectivity index is 1.25. The van der Waals surface area contributed by atoms with Crippen molar-refractivity contribution in [2.24, 2.45) is 7.05 Å². The monoisotopic (exact) mass is 655 g/mol. The van der Waals surface area contributed by atoms with Gasteiger partial charge in [0.05, 0.1) is 36.2 Å². The molecule has 9 nitrogen and oxygen atoms in total. The Morgan fingerprint density at radius 2 is 1.66 bits per heavy atom. The van der Waals surface area contributed by atoms with Crippen LogP contribution in [0.1, 0.15) is 34.9 Å². The lowest BCUT2D eigenvalue weighted by atomic mass is 10.1. The molecule has 6 aromatic rings. The lowest BCUT2D eigenvalue weighted by Gasteiger charge is -2.19. The van der Waals surface area contributed by atoms with Crippen molar-refractivity contribution in [2.45, 2.75) is 37.8 Å². The molecule has 1 unspecified atom stereocenters. The van der Waals surface area contributed by atoms with Crippen molar-refractivity contribution < 1.29 is 21.9 Å². The molecule has 0 saturated heterocycles. The summed E-state index contributed by atoms with van der Waals surface area (Å²) in [5.41, 5.74) is 2.47. The number of rotatable bonds is 11.